The quantitative estimate of drug-likeness (QED) is 0.307. The predicted molar refractivity (Wildman–Crippen MR) is 108 cm³/mol. The van der Waals surface area contributed by atoms with Gasteiger partial charge in [-0.05, 0) is 36.0 Å². The van der Waals surface area contributed by atoms with E-state index in [1.807, 2.05) is 30.3 Å². The third-order valence-electron chi connectivity index (χ3n) is 4.33. The maximum atomic E-state index is 12.8. The maximum Gasteiger partial charge on any atom is 0.333 e. The molecule has 0 bridgehead atoms. The Morgan fingerprint density at radius 3 is 2.37 bits per heavy atom. The largest absolute Gasteiger partial charge is 0.360 e. The smallest absolute Gasteiger partial charge is 0.333 e. The molecule has 0 saturated heterocycles. The molecule has 3 rings (SSSR count). The SMILES string of the molecule is CCN(OC(=O)CC=O)S(=O)(=O)c1ccc(-c2c(-c3ccccc3)noc2C)cc1. The van der Waals surface area contributed by atoms with Gasteiger partial charge in [-0.15, -0.1) is 0 Å². The summed E-state index contributed by atoms with van der Waals surface area (Å²) in [5, 5.41) is 4.14. The molecule has 0 fully saturated rings. The normalized spacial score (nSPS) is 11.4. The van der Waals surface area contributed by atoms with E-state index in [0.29, 0.717) is 22.2 Å². The first kappa shape index (κ1) is 21.4. The van der Waals surface area contributed by atoms with Crippen molar-refractivity contribution in [1.82, 2.24) is 9.63 Å². The van der Waals surface area contributed by atoms with Gasteiger partial charge >= 0.3 is 5.97 Å². The fourth-order valence-corrected chi connectivity index (χ4v) is 4.16. The molecule has 0 aliphatic carbocycles. The molecule has 0 spiro atoms. The van der Waals surface area contributed by atoms with Crippen molar-refractivity contribution in [2.75, 3.05) is 6.54 Å². The molecule has 0 saturated carbocycles. The monoisotopic (exact) mass is 428 g/mol. The van der Waals surface area contributed by atoms with Crippen LogP contribution in [0.1, 0.15) is 19.1 Å². The number of hydrogen-bond acceptors (Lipinski definition) is 7. The number of hydroxylamine groups is 1. The van der Waals surface area contributed by atoms with Gasteiger partial charge in [0.2, 0.25) is 0 Å². The van der Waals surface area contributed by atoms with Crippen LogP contribution in [0.4, 0.5) is 0 Å². The Morgan fingerprint density at radius 2 is 1.77 bits per heavy atom. The van der Waals surface area contributed by atoms with Crippen LogP contribution >= 0.6 is 0 Å². The summed E-state index contributed by atoms with van der Waals surface area (Å²) in [6, 6.07) is 15.6. The van der Waals surface area contributed by atoms with Crippen LogP contribution in [0.15, 0.2) is 64.0 Å². The van der Waals surface area contributed by atoms with Gasteiger partial charge in [-0.25, -0.2) is 13.2 Å². The molecule has 0 unspecified atom stereocenters. The molecule has 0 atom stereocenters. The van der Waals surface area contributed by atoms with Crippen molar-refractivity contribution in [3.05, 3.63) is 60.4 Å². The second kappa shape index (κ2) is 9.02. The summed E-state index contributed by atoms with van der Waals surface area (Å²) in [4.78, 5) is 26.7. The Kier molecular flexibility index (Phi) is 6.43. The van der Waals surface area contributed by atoms with Gasteiger partial charge in [-0.2, -0.15) is 0 Å². The molecular formula is C21H20N2O6S. The van der Waals surface area contributed by atoms with Gasteiger partial charge in [-0.3, -0.25) is 0 Å². The van der Waals surface area contributed by atoms with Crippen LogP contribution in [0.25, 0.3) is 22.4 Å². The Hall–Kier alpha value is -3.30. The predicted octanol–water partition coefficient (Wildman–Crippen LogP) is 3.37. The highest BCUT2D eigenvalue weighted by Gasteiger charge is 2.27. The molecule has 0 aliphatic rings. The Morgan fingerprint density at radius 1 is 1.10 bits per heavy atom. The average molecular weight is 428 g/mol. The third kappa shape index (κ3) is 4.32. The second-order valence-corrected chi connectivity index (χ2v) is 8.14. The zero-order valence-corrected chi connectivity index (χ0v) is 17.3. The number of carbonyl (C=O) groups excluding carboxylic acids is 2. The van der Waals surface area contributed by atoms with Crippen LogP contribution < -0.4 is 0 Å². The molecule has 30 heavy (non-hydrogen) atoms. The molecule has 8 nitrogen and oxygen atoms in total. The highest BCUT2D eigenvalue weighted by molar-refractivity contribution is 7.89. The van der Waals surface area contributed by atoms with Crippen molar-refractivity contribution >= 4 is 22.3 Å². The van der Waals surface area contributed by atoms with Crippen LogP contribution in [0.5, 0.6) is 0 Å². The topological polar surface area (TPSA) is 107 Å². The van der Waals surface area contributed by atoms with E-state index in [1.165, 1.54) is 19.1 Å². The third-order valence-corrected chi connectivity index (χ3v) is 6.07. The molecule has 1 aromatic heterocycles. The van der Waals surface area contributed by atoms with Gasteiger partial charge in [0.05, 0.1) is 10.5 Å². The standard InChI is InChI=1S/C21H20N2O6S/c1-3-23(29-19(25)13-14-24)30(26,27)18-11-9-16(10-12-18)20-15(2)28-22-21(20)17-7-5-4-6-8-17/h4-12,14H,3,13H2,1-2H3. The first-order chi connectivity index (χ1) is 14.4. The number of aromatic nitrogens is 1. The van der Waals surface area contributed by atoms with E-state index in [2.05, 4.69) is 5.16 Å². The molecule has 0 radical (unpaired) electrons. The number of aryl methyl sites for hydroxylation is 1. The summed E-state index contributed by atoms with van der Waals surface area (Å²) >= 11 is 0. The van der Waals surface area contributed by atoms with E-state index >= 15 is 0 Å². The first-order valence-electron chi connectivity index (χ1n) is 9.17. The van der Waals surface area contributed by atoms with E-state index in [9.17, 15) is 18.0 Å². The molecule has 0 aliphatic heterocycles. The summed E-state index contributed by atoms with van der Waals surface area (Å²) in [7, 11) is -4.09. The van der Waals surface area contributed by atoms with Crippen LogP contribution in [0.2, 0.25) is 0 Å². The number of hydrogen-bond donors (Lipinski definition) is 0. The zero-order valence-electron chi connectivity index (χ0n) is 16.4. The van der Waals surface area contributed by atoms with Crippen LogP contribution in [-0.2, 0) is 24.4 Å². The molecule has 0 N–H and O–H groups in total. The summed E-state index contributed by atoms with van der Waals surface area (Å²) in [6.45, 7) is 3.20. The van der Waals surface area contributed by atoms with Gasteiger partial charge in [-0.1, -0.05) is 47.6 Å². The van der Waals surface area contributed by atoms with E-state index in [0.717, 1.165) is 16.7 Å². The lowest BCUT2D eigenvalue weighted by Crippen LogP contribution is -2.33. The van der Waals surface area contributed by atoms with Crippen molar-refractivity contribution < 1.29 is 27.4 Å². The maximum absolute atomic E-state index is 12.8. The Bertz CT molecular complexity index is 1140. The minimum atomic E-state index is -4.09. The average Bonchev–Trinajstić information content (AvgIpc) is 3.14. The molecule has 156 valence electrons. The van der Waals surface area contributed by atoms with Crippen molar-refractivity contribution in [2.24, 2.45) is 0 Å². The van der Waals surface area contributed by atoms with Crippen molar-refractivity contribution in [1.29, 1.82) is 0 Å². The summed E-state index contributed by atoms with van der Waals surface area (Å²) < 4.78 is 31.5. The van der Waals surface area contributed by atoms with Crippen molar-refractivity contribution in [2.45, 2.75) is 25.2 Å². The molecule has 3 aromatic rings. The van der Waals surface area contributed by atoms with Gasteiger partial charge in [0.15, 0.2) is 0 Å². The van der Waals surface area contributed by atoms with E-state index in [4.69, 9.17) is 9.36 Å². The Balaban J connectivity index is 1.93. The number of sulfonamides is 1. The highest BCUT2D eigenvalue weighted by Crippen LogP contribution is 2.34. The number of aldehydes is 1. The van der Waals surface area contributed by atoms with Crippen LogP contribution in [-0.4, -0.2) is 36.8 Å². The van der Waals surface area contributed by atoms with E-state index in [-0.39, 0.29) is 11.4 Å². The fraction of sp³-hybridized carbons (Fsp3) is 0.190. The van der Waals surface area contributed by atoms with Gasteiger partial charge in [0, 0.05) is 12.1 Å². The van der Waals surface area contributed by atoms with Crippen LogP contribution in [0, 0.1) is 6.92 Å². The molecule has 1 heterocycles. The molecule has 0 amide bonds. The van der Waals surface area contributed by atoms with Gasteiger partial charge in [0.25, 0.3) is 10.0 Å². The number of carbonyl (C=O) groups is 2. The van der Waals surface area contributed by atoms with Crippen molar-refractivity contribution in [3.63, 3.8) is 0 Å². The molecule has 9 heteroatoms. The minimum absolute atomic E-state index is 0.0534. The number of rotatable bonds is 8. The van der Waals surface area contributed by atoms with E-state index < -0.39 is 22.4 Å². The van der Waals surface area contributed by atoms with Crippen LogP contribution in [0.3, 0.4) is 0 Å². The minimum Gasteiger partial charge on any atom is -0.360 e. The number of nitrogens with zero attached hydrogens (tertiary/aromatic N) is 2. The van der Waals surface area contributed by atoms with Gasteiger partial charge in [0.1, 0.15) is 24.2 Å². The summed E-state index contributed by atoms with van der Waals surface area (Å²) in [6.07, 6.45) is -0.177. The second-order valence-electron chi connectivity index (χ2n) is 6.31. The Labute approximate surface area is 174 Å². The first-order valence-corrected chi connectivity index (χ1v) is 10.6. The zero-order chi connectivity index (χ0) is 21.7. The number of benzene rings is 2. The lowest BCUT2D eigenvalue weighted by Gasteiger charge is -2.19. The fourth-order valence-electron chi connectivity index (χ4n) is 2.92. The molecular weight excluding hydrogens is 408 g/mol. The lowest BCUT2D eigenvalue weighted by atomic mass is 10.00. The van der Waals surface area contributed by atoms with E-state index in [1.54, 1.807) is 19.1 Å². The highest BCUT2D eigenvalue weighted by atomic mass is 32.2. The van der Waals surface area contributed by atoms with Crippen molar-refractivity contribution in [3.8, 4) is 22.4 Å². The summed E-state index contributed by atoms with van der Waals surface area (Å²) in [5.74, 6) is -0.345. The lowest BCUT2D eigenvalue weighted by molar-refractivity contribution is -0.168. The molecule has 2 aromatic carbocycles. The summed E-state index contributed by atoms with van der Waals surface area (Å²) in [5.41, 5.74) is 3.02. The van der Waals surface area contributed by atoms with Gasteiger partial charge < -0.3 is 14.2 Å².